The van der Waals surface area contributed by atoms with E-state index in [-0.39, 0.29) is 0 Å². The van der Waals surface area contributed by atoms with Crippen LogP contribution in [-0.2, 0) is 0 Å². The molecule has 1 aliphatic heterocycles. The van der Waals surface area contributed by atoms with Crippen molar-refractivity contribution in [2.75, 3.05) is 17.2 Å². The van der Waals surface area contributed by atoms with E-state index < -0.39 is 0 Å². The lowest BCUT2D eigenvalue weighted by atomic mass is 10.00. The van der Waals surface area contributed by atoms with Crippen LogP contribution in [0.15, 0.2) is 6.07 Å². The number of nitrogens with two attached hydrogens (primary N) is 1. The Hall–Kier alpha value is -1.32. The summed E-state index contributed by atoms with van der Waals surface area (Å²) >= 11 is 0. The minimum atomic E-state index is 0.385. The van der Waals surface area contributed by atoms with E-state index >= 15 is 0 Å². The fraction of sp³-hybridized carbons (Fsp3) is 0.667. The molecule has 0 aromatic carbocycles. The molecule has 0 spiro atoms. The number of aromatic nitrogens is 2. The van der Waals surface area contributed by atoms with Gasteiger partial charge in [-0.2, -0.15) is 4.98 Å². The summed E-state index contributed by atoms with van der Waals surface area (Å²) in [6, 6.07) is 2.65. The highest BCUT2D eigenvalue weighted by molar-refractivity contribution is 5.44. The minimum Gasteiger partial charge on any atom is -0.368 e. The molecule has 4 heteroatoms. The molecule has 88 valence electrons. The fourth-order valence-electron chi connectivity index (χ4n) is 2.45. The molecule has 1 atom stereocenters. The van der Waals surface area contributed by atoms with Gasteiger partial charge in [0.1, 0.15) is 5.82 Å². The number of hydrogen-bond acceptors (Lipinski definition) is 4. The van der Waals surface area contributed by atoms with Crippen molar-refractivity contribution in [3.8, 4) is 0 Å². The third-order valence-corrected chi connectivity index (χ3v) is 3.25. The molecular formula is C12H20N4. The van der Waals surface area contributed by atoms with E-state index in [1.54, 1.807) is 0 Å². The van der Waals surface area contributed by atoms with Crippen molar-refractivity contribution in [3.63, 3.8) is 0 Å². The summed E-state index contributed by atoms with van der Waals surface area (Å²) in [7, 11) is 0. The molecule has 0 aliphatic carbocycles. The topological polar surface area (TPSA) is 55.0 Å². The van der Waals surface area contributed by atoms with Gasteiger partial charge in [-0.05, 0) is 32.6 Å². The van der Waals surface area contributed by atoms with Crippen LogP contribution < -0.4 is 10.6 Å². The number of anilines is 2. The molecular weight excluding hydrogens is 200 g/mol. The predicted molar refractivity (Wildman–Crippen MR) is 66.5 cm³/mol. The lowest BCUT2D eigenvalue weighted by Crippen LogP contribution is -2.39. The maximum Gasteiger partial charge on any atom is 0.222 e. The van der Waals surface area contributed by atoms with E-state index in [0.717, 1.165) is 18.1 Å². The second kappa shape index (κ2) is 4.68. The monoisotopic (exact) mass is 220 g/mol. The van der Waals surface area contributed by atoms with Crippen molar-refractivity contribution >= 4 is 11.8 Å². The average molecular weight is 220 g/mol. The molecule has 1 aromatic rings. The average Bonchev–Trinajstić information content (AvgIpc) is 2.27. The molecule has 1 saturated heterocycles. The smallest absolute Gasteiger partial charge is 0.222 e. The number of hydrogen-bond donors (Lipinski definition) is 1. The maximum atomic E-state index is 5.70. The van der Waals surface area contributed by atoms with Crippen molar-refractivity contribution in [2.45, 2.75) is 45.6 Å². The summed E-state index contributed by atoms with van der Waals surface area (Å²) < 4.78 is 0. The third kappa shape index (κ3) is 2.26. The van der Waals surface area contributed by atoms with E-state index in [2.05, 4.69) is 21.8 Å². The van der Waals surface area contributed by atoms with Crippen LogP contribution in [0.4, 0.5) is 11.8 Å². The molecule has 1 fully saturated rings. The standard InChI is InChI=1S/C12H20N4/c1-3-10-6-4-5-7-16(10)11-8-9(2)14-12(13)15-11/h8,10H,3-7H2,1-2H3,(H2,13,14,15). The van der Waals surface area contributed by atoms with Gasteiger partial charge in [-0.3, -0.25) is 0 Å². The van der Waals surface area contributed by atoms with Gasteiger partial charge in [0, 0.05) is 24.3 Å². The summed E-state index contributed by atoms with van der Waals surface area (Å²) in [6.07, 6.45) is 5.01. The van der Waals surface area contributed by atoms with Crippen LogP contribution in [0.3, 0.4) is 0 Å². The summed E-state index contributed by atoms with van der Waals surface area (Å²) in [4.78, 5) is 10.9. The van der Waals surface area contributed by atoms with Crippen LogP contribution in [0.2, 0.25) is 0 Å². The second-order valence-corrected chi connectivity index (χ2v) is 4.48. The van der Waals surface area contributed by atoms with E-state index in [0.29, 0.717) is 12.0 Å². The normalized spacial score (nSPS) is 21.1. The lowest BCUT2D eigenvalue weighted by Gasteiger charge is -2.36. The van der Waals surface area contributed by atoms with Gasteiger partial charge >= 0.3 is 0 Å². The van der Waals surface area contributed by atoms with Gasteiger partial charge in [-0.15, -0.1) is 0 Å². The quantitative estimate of drug-likeness (QED) is 0.829. The number of piperidine rings is 1. The van der Waals surface area contributed by atoms with Gasteiger partial charge in [0.15, 0.2) is 0 Å². The van der Waals surface area contributed by atoms with Gasteiger partial charge in [-0.1, -0.05) is 6.92 Å². The second-order valence-electron chi connectivity index (χ2n) is 4.48. The zero-order chi connectivity index (χ0) is 11.5. The van der Waals surface area contributed by atoms with Crippen LogP contribution in [-0.4, -0.2) is 22.6 Å². The van der Waals surface area contributed by atoms with E-state index in [9.17, 15) is 0 Å². The Bertz CT molecular complexity index is 344. The fourth-order valence-corrected chi connectivity index (χ4v) is 2.45. The Kier molecular flexibility index (Phi) is 3.27. The van der Waals surface area contributed by atoms with E-state index in [4.69, 9.17) is 5.73 Å². The first-order valence-electron chi connectivity index (χ1n) is 6.08. The highest BCUT2D eigenvalue weighted by Gasteiger charge is 2.22. The van der Waals surface area contributed by atoms with Crippen molar-refractivity contribution in [1.29, 1.82) is 0 Å². The van der Waals surface area contributed by atoms with Gasteiger partial charge in [0.05, 0.1) is 0 Å². The first kappa shape index (κ1) is 11.2. The molecule has 0 amide bonds. The Morgan fingerprint density at radius 3 is 2.94 bits per heavy atom. The molecule has 1 unspecified atom stereocenters. The summed E-state index contributed by atoms with van der Waals surface area (Å²) in [6.45, 7) is 5.29. The van der Waals surface area contributed by atoms with Gasteiger partial charge in [0.25, 0.3) is 0 Å². The van der Waals surface area contributed by atoms with Crippen molar-refractivity contribution in [1.82, 2.24) is 9.97 Å². The van der Waals surface area contributed by atoms with Gasteiger partial charge in [0.2, 0.25) is 5.95 Å². The molecule has 16 heavy (non-hydrogen) atoms. The molecule has 4 nitrogen and oxygen atoms in total. The lowest BCUT2D eigenvalue weighted by molar-refractivity contribution is 0.446. The molecule has 0 radical (unpaired) electrons. The SMILES string of the molecule is CCC1CCCCN1c1cc(C)nc(N)n1. The summed E-state index contributed by atoms with van der Waals surface area (Å²) in [5, 5.41) is 0. The molecule has 1 aromatic heterocycles. The van der Waals surface area contributed by atoms with Crippen molar-refractivity contribution in [3.05, 3.63) is 11.8 Å². The van der Waals surface area contributed by atoms with Crippen LogP contribution >= 0.6 is 0 Å². The van der Waals surface area contributed by atoms with Crippen LogP contribution in [0.25, 0.3) is 0 Å². The summed E-state index contributed by atoms with van der Waals surface area (Å²) in [5.74, 6) is 1.38. The van der Waals surface area contributed by atoms with Gasteiger partial charge < -0.3 is 10.6 Å². The molecule has 1 aliphatic rings. The Labute approximate surface area is 96.9 Å². The largest absolute Gasteiger partial charge is 0.368 e. The zero-order valence-corrected chi connectivity index (χ0v) is 10.1. The number of nitrogen functional groups attached to an aromatic ring is 1. The highest BCUT2D eigenvalue weighted by atomic mass is 15.2. The number of aryl methyl sites for hydroxylation is 1. The molecule has 0 bridgehead atoms. The van der Waals surface area contributed by atoms with Gasteiger partial charge in [-0.25, -0.2) is 4.98 Å². The molecule has 2 rings (SSSR count). The summed E-state index contributed by atoms with van der Waals surface area (Å²) in [5.41, 5.74) is 6.65. The Morgan fingerprint density at radius 2 is 2.25 bits per heavy atom. The molecule has 2 N–H and O–H groups in total. The minimum absolute atomic E-state index is 0.385. The first-order valence-corrected chi connectivity index (χ1v) is 6.08. The third-order valence-electron chi connectivity index (χ3n) is 3.25. The van der Waals surface area contributed by atoms with Crippen LogP contribution in [0.1, 0.15) is 38.3 Å². The first-order chi connectivity index (χ1) is 7.70. The maximum absolute atomic E-state index is 5.70. The van der Waals surface area contributed by atoms with Crippen molar-refractivity contribution < 1.29 is 0 Å². The Balaban J connectivity index is 2.26. The molecule has 2 heterocycles. The van der Waals surface area contributed by atoms with Crippen LogP contribution in [0, 0.1) is 6.92 Å². The van der Waals surface area contributed by atoms with E-state index in [1.807, 2.05) is 13.0 Å². The molecule has 0 saturated carbocycles. The predicted octanol–water partition coefficient (Wildman–Crippen LogP) is 2.14. The van der Waals surface area contributed by atoms with E-state index in [1.165, 1.54) is 25.7 Å². The van der Waals surface area contributed by atoms with Crippen molar-refractivity contribution in [2.24, 2.45) is 0 Å². The number of rotatable bonds is 2. The number of nitrogens with zero attached hydrogens (tertiary/aromatic N) is 3. The zero-order valence-electron chi connectivity index (χ0n) is 10.1. The Morgan fingerprint density at radius 1 is 1.44 bits per heavy atom. The highest BCUT2D eigenvalue weighted by Crippen LogP contribution is 2.25. The van der Waals surface area contributed by atoms with Crippen LogP contribution in [0.5, 0.6) is 0 Å².